The van der Waals surface area contributed by atoms with Crippen LogP contribution in [0.15, 0.2) is 199 Å². The highest BCUT2D eigenvalue weighted by Gasteiger charge is 2.13. The summed E-state index contributed by atoms with van der Waals surface area (Å²) in [5.74, 6) is 3.55. The van der Waals surface area contributed by atoms with Gasteiger partial charge in [-0.25, -0.2) is 4.68 Å². The normalized spacial score (nSPS) is 10.7. The third-order valence-electron chi connectivity index (χ3n) is 10.7. The van der Waals surface area contributed by atoms with E-state index in [1.807, 2.05) is 172 Å². The Balaban J connectivity index is 0.000000176. The molecule has 314 valence electrons. The molecule has 0 saturated heterocycles. The molecule has 9 aromatic rings. The molecule has 0 N–H and O–H groups in total. The highest BCUT2D eigenvalue weighted by Crippen LogP contribution is 2.30. The zero-order valence-electron chi connectivity index (χ0n) is 35.8. The van der Waals surface area contributed by atoms with Gasteiger partial charge in [0.25, 0.3) is 5.56 Å². The summed E-state index contributed by atoms with van der Waals surface area (Å²) in [4.78, 5) is 37.6. The Morgan fingerprint density at radius 2 is 0.750 bits per heavy atom. The number of benzene rings is 8. The number of rotatable bonds is 11. The minimum absolute atomic E-state index is 0.00499. The van der Waals surface area contributed by atoms with Gasteiger partial charge in [-0.15, -0.1) is 0 Å². The molecule has 0 spiro atoms. The summed E-state index contributed by atoms with van der Waals surface area (Å²) in [6.45, 7) is 4.00. The second-order valence-electron chi connectivity index (χ2n) is 15.2. The molecule has 9 rings (SSSR count). The molecule has 0 aliphatic heterocycles. The molecule has 1 aromatic heterocycles. The zero-order valence-corrected chi connectivity index (χ0v) is 35.8. The summed E-state index contributed by atoms with van der Waals surface area (Å²) < 4.78 is 18.5. The van der Waals surface area contributed by atoms with Crippen molar-refractivity contribution < 1.29 is 23.8 Å². The van der Waals surface area contributed by atoms with Crippen LogP contribution in [0, 0.1) is 13.8 Å². The van der Waals surface area contributed by atoms with Crippen molar-refractivity contribution in [3.8, 4) is 51.1 Å². The SMILES string of the molecule is COc1ccc(-c2ccc(Oc3ccc(C(=O)c4ccc(C)cc4)cc3)cc2)cc1.Cc1ccc(C(=O)c2ccc(Oc3ccc(-c4nn(C)c(=O)c5ccccc45)cc3)cc2)cc1. The summed E-state index contributed by atoms with van der Waals surface area (Å²) in [7, 11) is 3.31. The first-order valence-electron chi connectivity index (χ1n) is 20.7. The largest absolute Gasteiger partial charge is 0.497 e. The molecule has 8 aromatic carbocycles. The van der Waals surface area contributed by atoms with E-state index in [4.69, 9.17) is 14.2 Å². The molecule has 1 heterocycles. The molecule has 8 heteroatoms. The van der Waals surface area contributed by atoms with Gasteiger partial charge in [-0.1, -0.05) is 102 Å². The number of aromatic nitrogens is 2. The number of carbonyl (C=O) groups excluding carboxylic acids is 2. The topological polar surface area (TPSA) is 96.7 Å². The molecule has 0 fully saturated rings. The molecule has 0 atom stereocenters. The van der Waals surface area contributed by atoms with Crippen LogP contribution in [-0.4, -0.2) is 28.5 Å². The minimum atomic E-state index is -0.122. The van der Waals surface area contributed by atoms with Gasteiger partial charge in [0, 0.05) is 40.3 Å². The Bertz CT molecular complexity index is 3100. The van der Waals surface area contributed by atoms with Crippen molar-refractivity contribution in [1.82, 2.24) is 9.78 Å². The van der Waals surface area contributed by atoms with E-state index in [0.717, 1.165) is 50.4 Å². The van der Waals surface area contributed by atoms with Crippen LogP contribution >= 0.6 is 0 Å². The van der Waals surface area contributed by atoms with Crippen molar-refractivity contribution in [3.63, 3.8) is 0 Å². The predicted octanol–water partition coefficient (Wildman–Crippen LogP) is 12.6. The molecule has 0 radical (unpaired) electrons. The number of hydrogen-bond donors (Lipinski definition) is 0. The molecule has 0 bridgehead atoms. The molecule has 64 heavy (non-hydrogen) atoms. The molecule has 0 aliphatic rings. The van der Waals surface area contributed by atoms with E-state index in [9.17, 15) is 14.4 Å². The summed E-state index contributed by atoms with van der Waals surface area (Å²) in [5.41, 5.74) is 8.56. The molecule has 0 amide bonds. The maximum absolute atomic E-state index is 12.7. The van der Waals surface area contributed by atoms with E-state index in [1.165, 1.54) is 4.68 Å². The lowest BCUT2D eigenvalue weighted by Gasteiger charge is -2.10. The lowest BCUT2D eigenvalue weighted by atomic mass is 10.0. The molecule has 0 saturated carbocycles. The molecule has 0 unspecified atom stereocenters. The van der Waals surface area contributed by atoms with Gasteiger partial charge in [0.05, 0.1) is 18.2 Å². The van der Waals surface area contributed by atoms with Gasteiger partial charge in [0.15, 0.2) is 11.6 Å². The molecule has 8 nitrogen and oxygen atoms in total. The maximum atomic E-state index is 12.7. The van der Waals surface area contributed by atoms with Crippen LogP contribution in [0.3, 0.4) is 0 Å². The third-order valence-corrected chi connectivity index (χ3v) is 10.7. The van der Waals surface area contributed by atoms with Gasteiger partial charge < -0.3 is 14.2 Å². The van der Waals surface area contributed by atoms with Crippen LogP contribution in [0.4, 0.5) is 0 Å². The van der Waals surface area contributed by atoms with E-state index in [0.29, 0.717) is 44.9 Å². The zero-order chi connectivity index (χ0) is 44.6. The average Bonchev–Trinajstić information content (AvgIpc) is 3.34. The van der Waals surface area contributed by atoms with Gasteiger partial charge in [-0.2, -0.15) is 5.10 Å². The average molecular weight is 841 g/mol. The number of aryl methyl sites for hydroxylation is 3. The first-order chi connectivity index (χ1) is 31.1. The fourth-order valence-electron chi connectivity index (χ4n) is 7.06. The van der Waals surface area contributed by atoms with E-state index >= 15 is 0 Å². The van der Waals surface area contributed by atoms with Crippen molar-refractivity contribution >= 4 is 22.3 Å². The van der Waals surface area contributed by atoms with Crippen LogP contribution in [0.5, 0.6) is 28.7 Å². The van der Waals surface area contributed by atoms with Gasteiger partial charge in [-0.05, 0) is 128 Å². The van der Waals surface area contributed by atoms with E-state index in [1.54, 1.807) is 50.6 Å². The number of ketones is 2. The predicted molar refractivity (Wildman–Crippen MR) is 253 cm³/mol. The summed E-state index contributed by atoms with van der Waals surface area (Å²) in [5, 5.41) is 5.92. The first kappa shape index (κ1) is 42.3. The summed E-state index contributed by atoms with van der Waals surface area (Å²) >= 11 is 0. The summed E-state index contributed by atoms with van der Waals surface area (Å²) in [6, 6.07) is 60.4. The fraction of sp³-hybridized carbons (Fsp3) is 0.0714. The van der Waals surface area contributed by atoms with Gasteiger partial charge in [-0.3, -0.25) is 14.4 Å². The highest BCUT2D eigenvalue weighted by molar-refractivity contribution is 6.09. The number of ether oxygens (including phenoxy) is 3. The van der Waals surface area contributed by atoms with Crippen molar-refractivity contribution in [2.75, 3.05) is 7.11 Å². The van der Waals surface area contributed by atoms with Crippen LogP contribution in [0.2, 0.25) is 0 Å². The van der Waals surface area contributed by atoms with Gasteiger partial charge in [0.2, 0.25) is 0 Å². The van der Waals surface area contributed by atoms with Crippen molar-refractivity contribution in [2.24, 2.45) is 7.05 Å². The quantitative estimate of drug-likeness (QED) is 0.120. The maximum Gasteiger partial charge on any atom is 0.274 e. The Morgan fingerprint density at radius 3 is 1.14 bits per heavy atom. The van der Waals surface area contributed by atoms with Crippen LogP contribution in [0.1, 0.15) is 43.0 Å². The number of fused-ring (bicyclic) bond motifs is 1. The lowest BCUT2D eigenvalue weighted by Crippen LogP contribution is -2.20. The van der Waals surface area contributed by atoms with E-state index in [2.05, 4.69) is 5.10 Å². The smallest absolute Gasteiger partial charge is 0.274 e. The molecular formula is C56H44N2O6. The summed E-state index contributed by atoms with van der Waals surface area (Å²) in [6.07, 6.45) is 0. The van der Waals surface area contributed by atoms with Crippen LogP contribution in [0.25, 0.3) is 33.2 Å². The Labute approximate surface area is 371 Å². The fourth-order valence-corrected chi connectivity index (χ4v) is 7.06. The molecular weight excluding hydrogens is 797 g/mol. The number of hydrogen-bond acceptors (Lipinski definition) is 7. The first-order valence-corrected chi connectivity index (χ1v) is 20.7. The second kappa shape index (κ2) is 19.1. The second-order valence-corrected chi connectivity index (χ2v) is 15.2. The van der Waals surface area contributed by atoms with Gasteiger partial charge >= 0.3 is 0 Å². The molecule has 0 aliphatic carbocycles. The van der Waals surface area contributed by atoms with Crippen LogP contribution in [-0.2, 0) is 7.05 Å². The van der Waals surface area contributed by atoms with Crippen molar-refractivity contribution in [1.29, 1.82) is 0 Å². The number of methoxy groups -OCH3 is 1. The van der Waals surface area contributed by atoms with Crippen molar-refractivity contribution in [2.45, 2.75) is 13.8 Å². The number of nitrogens with zero attached hydrogens (tertiary/aromatic N) is 2. The highest BCUT2D eigenvalue weighted by atomic mass is 16.5. The standard InChI is InChI=1S/C29H22N2O3.C27H22O3/c1-19-7-9-21(10-8-19)28(32)22-13-17-24(18-14-22)34-23-15-11-20(12-16-23)27-25-5-3-4-6-26(25)29(33)31(2)30-27;1-19-3-5-22(6-4-19)27(28)23-11-17-26(18-12-23)30-25-15-9-21(10-16-25)20-7-13-24(29-2)14-8-20/h3-18H,1-2H3;3-18H,1-2H3. The third kappa shape index (κ3) is 9.88. The lowest BCUT2D eigenvalue weighted by molar-refractivity contribution is 0.103. The Kier molecular flexibility index (Phi) is 12.7. The van der Waals surface area contributed by atoms with Crippen molar-refractivity contribution in [3.05, 3.63) is 238 Å². The van der Waals surface area contributed by atoms with E-state index < -0.39 is 0 Å². The monoisotopic (exact) mass is 840 g/mol. The number of carbonyl (C=O) groups is 2. The van der Waals surface area contributed by atoms with Gasteiger partial charge in [0.1, 0.15) is 28.7 Å². The minimum Gasteiger partial charge on any atom is -0.497 e. The Morgan fingerprint density at radius 1 is 0.422 bits per heavy atom. The Hall–Kier alpha value is -8.36. The van der Waals surface area contributed by atoms with Crippen LogP contribution < -0.4 is 19.8 Å². The van der Waals surface area contributed by atoms with E-state index in [-0.39, 0.29) is 17.1 Å².